The van der Waals surface area contributed by atoms with Crippen molar-refractivity contribution in [2.45, 2.75) is 25.3 Å². The van der Waals surface area contributed by atoms with Gasteiger partial charge < -0.3 is 4.90 Å². The summed E-state index contributed by atoms with van der Waals surface area (Å²) in [5.41, 5.74) is 0.902. The van der Waals surface area contributed by atoms with E-state index in [1.807, 2.05) is 61.5 Å². The van der Waals surface area contributed by atoms with E-state index >= 15 is 0 Å². The molecule has 0 radical (unpaired) electrons. The van der Waals surface area contributed by atoms with Crippen molar-refractivity contribution in [3.8, 4) is 6.07 Å². The molecule has 0 bridgehead atoms. The highest BCUT2D eigenvalue weighted by Crippen LogP contribution is 2.49. The normalized spacial score (nSPS) is 27.2. The molecule has 1 amide bonds. The summed E-state index contributed by atoms with van der Waals surface area (Å²) < 4.78 is 1.72. The molecular formula is C22H22N4O2. The van der Waals surface area contributed by atoms with E-state index < -0.39 is 5.41 Å². The number of hydrogen-bond acceptors (Lipinski definition) is 4. The first-order chi connectivity index (χ1) is 13.5. The quantitative estimate of drug-likeness (QED) is 0.826. The van der Waals surface area contributed by atoms with Crippen molar-refractivity contribution < 1.29 is 9.59 Å². The molecule has 1 saturated heterocycles. The molecule has 1 aromatic heterocycles. The largest absolute Gasteiger partial charge is 0.337 e. The summed E-state index contributed by atoms with van der Waals surface area (Å²) in [5, 5.41) is 13.7. The third-order valence-electron chi connectivity index (χ3n) is 6.09. The number of nitrogens with zero attached hydrogens (tertiary/aromatic N) is 4. The molecule has 1 fully saturated rings. The van der Waals surface area contributed by atoms with Gasteiger partial charge in [0, 0.05) is 37.8 Å². The molecule has 2 aromatic rings. The smallest absolute Gasteiger partial charge is 0.237 e. The number of hydrogen-bond donors (Lipinski definition) is 0. The molecule has 4 rings (SSSR count). The molecule has 6 nitrogen and oxygen atoms in total. The van der Waals surface area contributed by atoms with Gasteiger partial charge >= 0.3 is 0 Å². The first kappa shape index (κ1) is 18.2. The maximum Gasteiger partial charge on any atom is 0.237 e. The minimum Gasteiger partial charge on any atom is -0.337 e. The van der Waals surface area contributed by atoms with E-state index in [0.29, 0.717) is 19.5 Å². The van der Waals surface area contributed by atoms with Crippen LogP contribution in [0.15, 0.2) is 54.4 Å². The van der Waals surface area contributed by atoms with Gasteiger partial charge in [0.15, 0.2) is 5.78 Å². The Bertz CT molecular complexity index is 1000. The molecule has 0 spiro atoms. The van der Waals surface area contributed by atoms with Crippen LogP contribution in [0.1, 0.15) is 24.5 Å². The van der Waals surface area contributed by atoms with Crippen molar-refractivity contribution >= 4 is 11.7 Å². The summed E-state index contributed by atoms with van der Waals surface area (Å²) in [4.78, 5) is 28.3. The topological polar surface area (TPSA) is 79.0 Å². The molecule has 3 atom stereocenters. The van der Waals surface area contributed by atoms with E-state index in [1.54, 1.807) is 17.0 Å². The fourth-order valence-corrected chi connectivity index (χ4v) is 4.73. The van der Waals surface area contributed by atoms with Crippen LogP contribution < -0.4 is 0 Å². The van der Waals surface area contributed by atoms with Gasteiger partial charge in [-0.05, 0) is 24.0 Å². The highest BCUT2D eigenvalue weighted by molar-refractivity contribution is 6.06. The predicted molar refractivity (Wildman–Crippen MR) is 103 cm³/mol. The van der Waals surface area contributed by atoms with E-state index in [2.05, 4.69) is 5.10 Å². The molecule has 1 aliphatic heterocycles. The van der Waals surface area contributed by atoms with E-state index in [9.17, 15) is 14.9 Å². The number of amides is 1. The fraction of sp³-hybridized carbons (Fsp3) is 0.364. The number of likely N-dealkylation sites (tertiary alicyclic amines) is 1. The van der Waals surface area contributed by atoms with Gasteiger partial charge in [-0.1, -0.05) is 37.3 Å². The van der Waals surface area contributed by atoms with Crippen LogP contribution in [0.2, 0.25) is 0 Å². The number of rotatable bonds is 3. The minimum atomic E-state index is -0.986. The molecule has 6 heteroatoms. The average molecular weight is 374 g/mol. The molecule has 2 heterocycles. The zero-order valence-corrected chi connectivity index (χ0v) is 16.0. The van der Waals surface area contributed by atoms with Crippen LogP contribution in [0, 0.1) is 23.2 Å². The lowest BCUT2D eigenvalue weighted by molar-refractivity contribution is -0.145. The van der Waals surface area contributed by atoms with Gasteiger partial charge in [0.05, 0.1) is 17.2 Å². The van der Waals surface area contributed by atoms with Gasteiger partial charge in [-0.15, -0.1) is 0 Å². The summed E-state index contributed by atoms with van der Waals surface area (Å²) >= 11 is 0. The number of aryl methyl sites for hydroxylation is 1. The number of carbonyl (C=O) groups excluding carboxylic acids is 2. The van der Waals surface area contributed by atoms with Crippen molar-refractivity contribution in [1.82, 2.24) is 14.7 Å². The Morgan fingerprint density at radius 3 is 2.68 bits per heavy atom. The molecule has 0 saturated carbocycles. The highest BCUT2D eigenvalue weighted by Gasteiger charge is 2.56. The second-order valence-corrected chi connectivity index (χ2v) is 7.70. The molecule has 1 aromatic carbocycles. The maximum absolute atomic E-state index is 13.8. The van der Waals surface area contributed by atoms with E-state index in [-0.39, 0.29) is 29.1 Å². The lowest BCUT2D eigenvalue weighted by Gasteiger charge is -2.49. The lowest BCUT2D eigenvalue weighted by Crippen LogP contribution is -2.59. The first-order valence-corrected chi connectivity index (χ1v) is 9.47. The van der Waals surface area contributed by atoms with Crippen LogP contribution in [-0.2, 0) is 28.6 Å². The molecule has 0 unspecified atom stereocenters. The summed E-state index contributed by atoms with van der Waals surface area (Å²) in [6.45, 7) is 2.89. The van der Waals surface area contributed by atoms with Gasteiger partial charge in [0.1, 0.15) is 6.07 Å². The third-order valence-corrected chi connectivity index (χ3v) is 6.09. The number of allylic oxidation sites excluding steroid dienone is 1. The number of benzene rings is 1. The Balaban J connectivity index is 1.84. The Hall–Kier alpha value is -3.20. The molecule has 0 N–H and O–H groups in total. The van der Waals surface area contributed by atoms with Gasteiger partial charge in [-0.2, -0.15) is 10.4 Å². The van der Waals surface area contributed by atoms with Crippen LogP contribution in [0.3, 0.4) is 0 Å². The Morgan fingerprint density at radius 1 is 1.29 bits per heavy atom. The predicted octanol–water partition coefficient (Wildman–Crippen LogP) is 2.38. The van der Waals surface area contributed by atoms with Crippen LogP contribution in [0.4, 0.5) is 0 Å². The van der Waals surface area contributed by atoms with E-state index in [1.165, 1.54) is 0 Å². The van der Waals surface area contributed by atoms with Gasteiger partial charge in [0.2, 0.25) is 5.91 Å². The van der Waals surface area contributed by atoms with Crippen LogP contribution >= 0.6 is 0 Å². The number of nitriles is 1. The summed E-state index contributed by atoms with van der Waals surface area (Å²) in [5.74, 6) is -0.736. The second-order valence-electron chi connectivity index (χ2n) is 7.70. The van der Waals surface area contributed by atoms with Crippen molar-refractivity contribution in [2.75, 3.05) is 6.54 Å². The summed E-state index contributed by atoms with van der Waals surface area (Å²) in [6.07, 6.45) is 6.01. The number of aromatic nitrogens is 2. The first-order valence-electron chi connectivity index (χ1n) is 9.47. The van der Waals surface area contributed by atoms with E-state index in [0.717, 1.165) is 11.1 Å². The van der Waals surface area contributed by atoms with Crippen LogP contribution in [-0.4, -0.2) is 32.9 Å². The number of piperidine rings is 1. The van der Waals surface area contributed by atoms with Crippen molar-refractivity contribution in [1.29, 1.82) is 5.26 Å². The fourth-order valence-electron chi connectivity index (χ4n) is 4.73. The molecule has 1 aliphatic carbocycles. The zero-order valence-electron chi connectivity index (χ0n) is 16.0. The monoisotopic (exact) mass is 374 g/mol. The molecular weight excluding hydrogens is 352 g/mol. The number of ketones is 1. The van der Waals surface area contributed by atoms with Crippen molar-refractivity contribution in [3.05, 3.63) is 65.5 Å². The summed E-state index contributed by atoms with van der Waals surface area (Å²) in [7, 11) is 1.85. The minimum absolute atomic E-state index is 0.0501. The van der Waals surface area contributed by atoms with E-state index in [4.69, 9.17) is 0 Å². The summed E-state index contributed by atoms with van der Waals surface area (Å²) in [6, 6.07) is 11.6. The van der Waals surface area contributed by atoms with Gasteiger partial charge in [-0.25, -0.2) is 0 Å². The Labute approximate surface area is 164 Å². The third kappa shape index (κ3) is 2.66. The second kappa shape index (κ2) is 6.75. The highest BCUT2D eigenvalue weighted by atomic mass is 16.2. The van der Waals surface area contributed by atoms with Gasteiger partial charge in [0.25, 0.3) is 0 Å². The van der Waals surface area contributed by atoms with Gasteiger partial charge in [-0.3, -0.25) is 14.3 Å². The number of fused-ring (bicyclic) bond motifs is 1. The molecule has 2 aliphatic rings. The standard InChI is InChI=1S/C22H22N4O2/c1-15-19-8-9-26(14-16-12-24-25(2)13-16)21(28)22(19,10-17(11-23)20(15)27)18-6-4-3-5-7-18/h3-7,10,12-13,15,19H,8-9,14H2,1-2H3/t15-,19-,22-/m0/s1. The van der Waals surface area contributed by atoms with Crippen LogP contribution in [0.5, 0.6) is 0 Å². The van der Waals surface area contributed by atoms with Crippen LogP contribution in [0.25, 0.3) is 0 Å². The maximum atomic E-state index is 13.8. The molecule has 142 valence electrons. The number of Topliss-reactive ketones (excluding diaryl/α,β-unsaturated/α-hetero) is 1. The molecule has 28 heavy (non-hydrogen) atoms. The SMILES string of the molecule is C[C@@H]1C(=O)C(C#N)=C[C@@]2(c3ccccc3)C(=O)N(Cc3cnn(C)c3)CC[C@@H]12. The average Bonchev–Trinajstić information content (AvgIpc) is 3.12. The Morgan fingerprint density at radius 2 is 2.04 bits per heavy atom. The zero-order chi connectivity index (χ0) is 19.9. The van der Waals surface area contributed by atoms with Crippen molar-refractivity contribution in [2.24, 2.45) is 18.9 Å². The Kier molecular flexibility index (Phi) is 4.38. The van der Waals surface area contributed by atoms with Crippen molar-refractivity contribution in [3.63, 3.8) is 0 Å². The number of carbonyl (C=O) groups is 2. The lowest BCUT2D eigenvalue weighted by atomic mass is 9.57.